The fourth-order valence-electron chi connectivity index (χ4n) is 2.17. The molecule has 3 aromatic rings. The van der Waals surface area contributed by atoms with Crippen LogP contribution in [0.4, 0.5) is 5.69 Å². The zero-order valence-corrected chi connectivity index (χ0v) is 13.5. The molecule has 24 heavy (non-hydrogen) atoms. The molecule has 0 aliphatic rings. The number of aromatic nitrogens is 2. The van der Waals surface area contributed by atoms with Crippen molar-refractivity contribution in [1.82, 2.24) is 9.38 Å². The number of para-hydroxylation sites is 1. The number of carbonyl (C=O) groups is 1. The molecule has 1 aromatic carbocycles. The highest BCUT2D eigenvalue weighted by molar-refractivity contribution is 6.36. The smallest absolute Gasteiger partial charge is 0.345 e. The van der Waals surface area contributed by atoms with Crippen LogP contribution in [0.15, 0.2) is 42.7 Å². The Morgan fingerprint density at radius 3 is 2.79 bits per heavy atom. The Kier molecular flexibility index (Phi) is 4.37. The molecular weight excluding hydrogens is 357 g/mol. The van der Waals surface area contributed by atoms with E-state index in [0.29, 0.717) is 21.4 Å². The minimum absolute atomic E-state index is 0.118. The van der Waals surface area contributed by atoms with E-state index in [2.05, 4.69) is 4.98 Å². The standard InChI is InChI=1S/C15H9Cl2N3O4/c16-9-5-12(17)14-18-10(7-19(14)6-9)8-24-15(21)11-3-1-2-4-13(11)20(22)23/h1-7H,8H2. The number of hydrogen-bond acceptors (Lipinski definition) is 5. The summed E-state index contributed by atoms with van der Waals surface area (Å²) in [7, 11) is 0. The van der Waals surface area contributed by atoms with Gasteiger partial charge in [-0.25, -0.2) is 9.78 Å². The molecule has 0 saturated heterocycles. The molecule has 7 nitrogen and oxygen atoms in total. The summed E-state index contributed by atoms with van der Waals surface area (Å²) in [5, 5.41) is 11.7. The molecule has 9 heteroatoms. The summed E-state index contributed by atoms with van der Waals surface area (Å²) in [5.74, 6) is -0.802. The lowest BCUT2D eigenvalue weighted by atomic mass is 10.2. The Morgan fingerprint density at radius 1 is 1.29 bits per heavy atom. The summed E-state index contributed by atoms with van der Waals surface area (Å²) in [6.45, 7) is -0.152. The second-order valence-electron chi connectivity index (χ2n) is 4.82. The van der Waals surface area contributed by atoms with E-state index in [-0.39, 0.29) is 17.9 Å². The van der Waals surface area contributed by atoms with Crippen LogP contribution >= 0.6 is 23.2 Å². The molecule has 3 rings (SSSR count). The van der Waals surface area contributed by atoms with Gasteiger partial charge in [-0.05, 0) is 12.1 Å². The highest BCUT2D eigenvalue weighted by Gasteiger charge is 2.20. The Labute approximate surface area is 145 Å². The van der Waals surface area contributed by atoms with Gasteiger partial charge in [0.2, 0.25) is 0 Å². The monoisotopic (exact) mass is 365 g/mol. The first-order valence-corrected chi connectivity index (χ1v) is 7.44. The number of fused-ring (bicyclic) bond motifs is 1. The van der Waals surface area contributed by atoms with Crippen LogP contribution in [0.3, 0.4) is 0 Å². The Hall–Kier alpha value is -2.64. The van der Waals surface area contributed by atoms with Crippen LogP contribution in [0, 0.1) is 10.1 Å². The van der Waals surface area contributed by atoms with Gasteiger partial charge >= 0.3 is 5.97 Å². The molecule has 0 amide bonds. The number of benzene rings is 1. The first-order chi connectivity index (χ1) is 11.5. The van der Waals surface area contributed by atoms with Crippen LogP contribution in [-0.2, 0) is 11.3 Å². The van der Waals surface area contributed by atoms with Gasteiger partial charge in [0.15, 0.2) is 5.65 Å². The lowest BCUT2D eigenvalue weighted by Crippen LogP contribution is -2.08. The summed E-state index contributed by atoms with van der Waals surface area (Å²) in [6.07, 6.45) is 3.23. The maximum Gasteiger partial charge on any atom is 0.345 e. The zero-order valence-electron chi connectivity index (χ0n) is 12.0. The molecule has 0 bridgehead atoms. The number of halogens is 2. The van der Waals surface area contributed by atoms with E-state index in [9.17, 15) is 14.9 Å². The number of nitrogens with zero attached hydrogens (tertiary/aromatic N) is 3. The van der Waals surface area contributed by atoms with Gasteiger partial charge in [0.1, 0.15) is 12.2 Å². The van der Waals surface area contributed by atoms with Gasteiger partial charge in [0.25, 0.3) is 5.69 Å². The highest BCUT2D eigenvalue weighted by Crippen LogP contribution is 2.23. The third-order valence-corrected chi connectivity index (χ3v) is 3.68. The number of ether oxygens (including phenoxy) is 1. The van der Waals surface area contributed by atoms with Crippen molar-refractivity contribution in [2.45, 2.75) is 6.61 Å². The summed E-state index contributed by atoms with van der Waals surface area (Å²) < 4.78 is 6.72. The maximum atomic E-state index is 12.1. The Morgan fingerprint density at radius 2 is 2.04 bits per heavy atom. The van der Waals surface area contributed by atoms with E-state index < -0.39 is 10.9 Å². The number of nitro benzene ring substituents is 1. The number of rotatable bonds is 4. The van der Waals surface area contributed by atoms with Crippen LogP contribution in [0.2, 0.25) is 10.0 Å². The molecule has 2 aromatic heterocycles. The number of nitro groups is 1. The molecule has 0 aliphatic heterocycles. The summed E-state index contributed by atoms with van der Waals surface area (Å²) in [5.41, 5.74) is 0.476. The van der Waals surface area contributed by atoms with Crippen molar-refractivity contribution in [2.75, 3.05) is 0 Å². The molecule has 0 spiro atoms. The van der Waals surface area contributed by atoms with Crippen LogP contribution in [0.5, 0.6) is 0 Å². The number of imidazole rings is 1. The van der Waals surface area contributed by atoms with Crippen LogP contribution < -0.4 is 0 Å². The molecule has 122 valence electrons. The lowest BCUT2D eigenvalue weighted by molar-refractivity contribution is -0.385. The van der Waals surface area contributed by atoms with Crippen molar-refractivity contribution < 1.29 is 14.5 Å². The number of pyridine rings is 1. The third-order valence-electron chi connectivity index (χ3n) is 3.19. The largest absolute Gasteiger partial charge is 0.455 e. The highest BCUT2D eigenvalue weighted by atomic mass is 35.5. The second-order valence-corrected chi connectivity index (χ2v) is 5.66. The summed E-state index contributed by atoms with van der Waals surface area (Å²) in [4.78, 5) is 26.6. The fraction of sp³-hybridized carbons (Fsp3) is 0.0667. The summed E-state index contributed by atoms with van der Waals surface area (Å²) >= 11 is 11.9. The van der Waals surface area contributed by atoms with Gasteiger partial charge in [-0.15, -0.1) is 0 Å². The van der Waals surface area contributed by atoms with Crippen LogP contribution in [0.25, 0.3) is 5.65 Å². The van der Waals surface area contributed by atoms with Gasteiger partial charge in [-0.3, -0.25) is 10.1 Å². The van der Waals surface area contributed by atoms with Crippen molar-refractivity contribution >= 4 is 40.5 Å². The van der Waals surface area contributed by atoms with E-state index in [4.69, 9.17) is 27.9 Å². The van der Waals surface area contributed by atoms with Crippen molar-refractivity contribution in [3.63, 3.8) is 0 Å². The third kappa shape index (κ3) is 3.17. The van der Waals surface area contributed by atoms with E-state index >= 15 is 0 Å². The fourth-order valence-corrected chi connectivity index (χ4v) is 2.69. The molecular formula is C15H9Cl2N3O4. The first kappa shape index (κ1) is 16.2. The predicted molar refractivity (Wildman–Crippen MR) is 87.4 cm³/mol. The molecule has 0 atom stereocenters. The molecule has 2 heterocycles. The van der Waals surface area contributed by atoms with Gasteiger partial charge < -0.3 is 9.14 Å². The van der Waals surface area contributed by atoms with E-state index in [1.54, 1.807) is 22.9 Å². The SMILES string of the molecule is O=C(OCc1cn2cc(Cl)cc(Cl)c2n1)c1ccccc1[N+](=O)[O-]. The van der Waals surface area contributed by atoms with Crippen molar-refractivity contribution in [3.8, 4) is 0 Å². The van der Waals surface area contributed by atoms with Gasteiger partial charge in [0, 0.05) is 18.5 Å². The predicted octanol–water partition coefficient (Wildman–Crippen LogP) is 3.91. The number of esters is 1. The quantitative estimate of drug-likeness (QED) is 0.397. The van der Waals surface area contributed by atoms with Gasteiger partial charge in [-0.1, -0.05) is 35.3 Å². The second kappa shape index (κ2) is 6.46. The minimum Gasteiger partial charge on any atom is -0.455 e. The normalized spacial score (nSPS) is 10.8. The zero-order chi connectivity index (χ0) is 17.3. The molecule has 0 unspecified atom stereocenters. The summed E-state index contributed by atoms with van der Waals surface area (Å²) in [6, 6.07) is 7.12. The van der Waals surface area contributed by atoms with Crippen molar-refractivity contribution in [1.29, 1.82) is 0 Å². The van der Waals surface area contributed by atoms with E-state index in [1.807, 2.05) is 0 Å². The topological polar surface area (TPSA) is 86.7 Å². The molecule has 0 saturated carbocycles. The van der Waals surface area contributed by atoms with E-state index in [0.717, 1.165) is 0 Å². The molecule has 0 N–H and O–H groups in total. The van der Waals surface area contributed by atoms with Crippen molar-refractivity contribution in [3.05, 3.63) is 74.1 Å². The average Bonchev–Trinajstić information content (AvgIpc) is 2.95. The van der Waals surface area contributed by atoms with Crippen molar-refractivity contribution in [2.24, 2.45) is 0 Å². The average molecular weight is 366 g/mol. The minimum atomic E-state index is -0.802. The molecule has 0 fully saturated rings. The van der Waals surface area contributed by atoms with Gasteiger partial charge in [-0.2, -0.15) is 0 Å². The Balaban J connectivity index is 1.80. The molecule has 0 radical (unpaired) electrons. The van der Waals surface area contributed by atoms with Crippen LogP contribution in [-0.4, -0.2) is 20.3 Å². The maximum absolute atomic E-state index is 12.1. The number of hydrogen-bond donors (Lipinski definition) is 0. The Bertz CT molecular complexity index is 955. The van der Waals surface area contributed by atoms with E-state index in [1.165, 1.54) is 24.3 Å². The molecule has 0 aliphatic carbocycles. The first-order valence-electron chi connectivity index (χ1n) is 6.69. The lowest BCUT2D eigenvalue weighted by Gasteiger charge is -2.03. The number of carbonyl (C=O) groups excluding carboxylic acids is 1. The van der Waals surface area contributed by atoms with Gasteiger partial charge in [0.05, 0.1) is 20.7 Å². The van der Waals surface area contributed by atoms with Crippen LogP contribution in [0.1, 0.15) is 16.1 Å².